The van der Waals surface area contributed by atoms with Gasteiger partial charge in [-0.15, -0.1) is 0 Å². The molecule has 0 N–H and O–H groups in total. The van der Waals surface area contributed by atoms with Crippen molar-refractivity contribution in [2.75, 3.05) is 33.2 Å². The summed E-state index contributed by atoms with van der Waals surface area (Å²) in [7, 11) is 2.07. The summed E-state index contributed by atoms with van der Waals surface area (Å²) in [6, 6.07) is 0. The molecule has 2 saturated heterocycles. The van der Waals surface area contributed by atoms with Gasteiger partial charge in [-0.1, -0.05) is 0 Å². The Labute approximate surface area is 96.6 Å². The van der Waals surface area contributed by atoms with Crippen LogP contribution in [-0.2, 0) is 9.59 Å². The molecule has 1 amide bonds. The normalized spacial score (nSPS) is 31.4. The van der Waals surface area contributed by atoms with Crippen LogP contribution in [0.15, 0.2) is 0 Å². The molecule has 16 heavy (non-hydrogen) atoms. The van der Waals surface area contributed by atoms with Crippen molar-refractivity contribution in [3.63, 3.8) is 0 Å². The minimum absolute atomic E-state index is 0.0783. The standard InChI is InChI=1S/C12H20N2O2/c1-10(15)8-14-7-5-12(11(14)16)4-3-6-13(2)9-12/h3-9H2,1-2H3. The highest BCUT2D eigenvalue weighted by Crippen LogP contribution is 2.39. The first-order valence-corrected chi connectivity index (χ1v) is 6.01. The number of hydrogen-bond donors (Lipinski definition) is 0. The van der Waals surface area contributed by atoms with Crippen LogP contribution in [0, 0.1) is 5.41 Å². The van der Waals surface area contributed by atoms with Gasteiger partial charge in [0.1, 0.15) is 5.78 Å². The molecule has 2 aliphatic heterocycles. The Morgan fingerprint density at radius 1 is 1.38 bits per heavy atom. The zero-order chi connectivity index (χ0) is 11.8. The molecule has 0 aromatic carbocycles. The lowest BCUT2D eigenvalue weighted by Crippen LogP contribution is -2.46. The van der Waals surface area contributed by atoms with Crippen molar-refractivity contribution in [2.24, 2.45) is 5.41 Å². The third-order valence-electron chi connectivity index (χ3n) is 3.78. The molecular weight excluding hydrogens is 204 g/mol. The van der Waals surface area contributed by atoms with Gasteiger partial charge in [0.05, 0.1) is 12.0 Å². The van der Waals surface area contributed by atoms with E-state index < -0.39 is 0 Å². The van der Waals surface area contributed by atoms with Gasteiger partial charge >= 0.3 is 0 Å². The molecule has 4 heteroatoms. The first-order chi connectivity index (χ1) is 7.53. The number of carbonyl (C=O) groups is 2. The fourth-order valence-electron chi connectivity index (χ4n) is 3.05. The number of amides is 1. The lowest BCUT2D eigenvalue weighted by molar-refractivity contribution is -0.140. The minimum atomic E-state index is -0.178. The highest BCUT2D eigenvalue weighted by atomic mass is 16.2. The van der Waals surface area contributed by atoms with E-state index in [1.165, 1.54) is 0 Å². The molecule has 0 radical (unpaired) electrons. The second kappa shape index (κ2) is 4.17. The lowest BCUT2D eigenvalue weighted by atomic mass is 9.78. The number of nitrogens with zero attached hydrogens (tertiary/aromatic N) is 2. The molecule has 0 aliphatic carbocycles. The quantitative estimate of drug-likeness (QED) is 0.686. The van der Waals surface area contributed by atoms with E-state index in [0.29, 0.717) is 6.54 Å². The van der Waals surface area contributed by atoms with Gasteiger partial charge in [-0.25, -0.2) is 0 Å². The van der Waals surface area contributed by atoms with Crippen LogP contribution in [0.5, 0.6) is 0 Å². The van der Waals surface area contributed by atoms with Gasteiger partial charge in [0.2, 0.25) is 5.91 Å². The van der Waals surface area contributed by atoms with Crippen molar-refractivity contribution < 1.29 is 9.59 Å². The van der Waals surface area contributed by atoms with E-state index in [4.69, 9.17) is 0 Å². The molecule has 4 nitrogen and oxygen atoms in total. The van der Waals surface area contributed by atoms with Crippen LogP contribution in [0.4, 0.5) is 0 Å². The van der Waals surface area contributed by atoms with E-state index in [0.717, 1.165) is 38.9 Å². The minimum Gasteiger partial charge on any atom is -0.335 e. The summed E-state index contributed by atoms with van der Waals surface area (Å²) in [6.07, 6.45) is 3.00. The molecule has 0 aromatic heterocycles. The van der Waals surface area contributed by atoms with Crippen LogP contribution in [0.3, 0.4) is 0 Å². The van der Waals surface area contributed by atoms with Crippen molar-refractivity contribution in [3.05, 3.63) is 0 Å². The Morgan fingerprint density at radius 2 is 2.12 bits per heavy atom. The van der Waals surface area contributed by atoms with Crippen molar-refractivity contribution in [3.8, 4) is 0 Å². The smallest absolute Gasteiger partial charge is 0.230 e. The Bertz CT molecular complexity index is 316. The fourth-order valence-corrected chi connectivity index (χ4v) is 3.05. The Hall–Kier alpha value is -0.900. The number of piperidine rings is 1. The molecule has 0 saturated carbocycles. The third-order valence-corrected chi connectivity index (χ3v) is 3.78. The molecule has 2 rings (SSSR count). The van der Waals surface area contributed by atoms with Crippen molar-refractivity contribution in [2.45, 2.75) is 26.2 Å². The Balaban J connectivity index is 2.07. The average Bonchev–Trinajstić information content (AvgIpc) is 2.47. The molecule has 2 aliphatic rings. The summed E-state index contributed by atoms with van der Waals surface area (Å²) in [5.41, 5.74) is -0.178. The number of likely N-dealkylation sites (tertiary alicyclic amines) is 2. The zero-order valence-electron chi connectivity index (χ0n) is 10.2. The van der Waals surface area contributed by atoms with Gasteiger partial charge in [-0.05, 0) is 39.8 Å². The summed E-state index contributed by atoms with van der Waals surface area (Å²) < 4.78 is 0. The number of Topliss-reactive ketones (excluding diaryl/α,β-unsaturated/α-hetero) is 1. The predicted molar refractivity (Wildman–Crippen MR) is 61.0 cm³/mol. The number of ketones is 1. The summed E-state index contributed by atoms with van der Waals surface area (Å²) in [4.78, 5) is 27.4. The summed E-state index contributed by atoms with van der Waals surface area (Å²) in [5.74, 6) is 0.281. The maximum atomic E-state index is 12.3. The molecular formula is C12H20N2O2. The number of carbonyl (C=O) groups excluding carboxylic acids is 2. The van der Waals surface area contributed by atoms with Crippen molar-refractivity contribution in [1.29, 1.82) is 0 Å². The predicted octanol–water partition coefficient (Wildman–Crippen LogP) is 0.520. The highest BCUT2D eigenvalue weighted by molar-refractivity contribution is 5.89. The van der Waals surface area contributed by atoms with Gasteiger partial charge < -0.3 is 9.80 Å². The number of hydrogen-bond acceptors (Lipinski definition) is 3. The van der Waals surface area contributed by atoms with Crippen LogP contribution < -0.4 is 0 Å². The van der Waals surface area contributed by atoms with Gasteiger partial charge in [0.15, 0.2) is 0 Å². The van der Waals surface area contributed by atoms with Crippen LogP contribution in [0.25, 0.3) is 0 Å². The van der Waals surface area contributed by atoms with Crippen LogP contribution in [0.2, 0.25) is 0 Å². The molecule has 0 bridgehead atoms. The molecule has 2 heterocycles. The van der Waals surface area contributed by atoms with E-state index >= 15 is 0 Å². The molecule has 1 spiro atoms. The van der Waals surface area contributed by atoms with Crippen molar-refractivity contribution >= 4 is 11.7 Å². The van der Waals surface area contributed by atoms with E-state index in [9.17, 15) is 9.59 Å². The Morgan fingerprint density at radius 3 is 2.75 bits per heavy atom. The molecule has 2 fully saturated rings. The monoisotopic (exact) mass is 224 g/mol. The molecule has 0 aromatic rings. The topological polar surface area (TPSA) is 40.6 Å². The third kappa shape index (κ3) is 1.98. The zero-order valence-corrected chi connectivity index (χ0v) is 10.2. The first kappa shape index (κ1) is 11.6. The fraction of sp³-hybridized carbons (Fsp3) is 0.833. The first-order valence-electron chi connectivity index (χ1n) is 6.01. The van der Waals surface area contributed by atoms with E-state index in [2.05, 4.69) is 11.9 Å². The van der Waals surface area contributed by atoms with Crippen LogP contribution >= 0.6 is 0 Å². The van der Waals surface area contributed by atoms with E-state index in [-0.39, 0.29) is 17.1 Å². The molecule has 1 atom stereocenters. The average molecular weight is 224 g/mol. The SMILES string of the molecule is CC(=O)CN1CCC2(CCCN(C)C2)C1=O. The highest BCUT2D eigenvalue weighted by Gasteiger charge is 2.48. The van der Waals surface area contributed by atoms with E-state index in [1.54, 1.807) is 11.8 Å². The maximum absolute atomic E-state index is 12.3. The van der Waals surface area contributed by atoms with Gasteiger partial charge in [0, 0.05) is 13.1 Å². The largest absolute Gasteiger partial charge is 0.335 e. The number of rotatable bonds is 2. The van der Waals surface area contributed by atoms with Gasteiger partial charge in [-0.3, -0.25) is 9.59 Å². The van der Waals surface area contributed by atoms with Gasteiger partial charge in [-0.2, -0.15) is 0 Å². The molecule has 90 valence electrons. The second-order valence-electron chi connectivity index (χ2n) is 5.30. The second-order valence-corrected chi connectivity index (χ2v) is 5.30. The Kier molecular flexibility index (Phi) is 3.02. The molecule has 1 unspecified atom stereocenters. The van der Waals surface area contributed by atoms with Crippen LogP contribution in [-0.4, -0.2) is 54.7 Å². The maximum Gasteiger partial charge on any atom is 0.230 e. The van der Waals surface area contributed by atoms with Crippen molar-refractivity contribution in [1.82, 2.24) is 9.80 Å². The summed E-state index contributed by atoms with van der Waals surface area (Å²) in [5, 5.41) is 0. The van der Waals surface area contributed by atoms with Gasteiger partial charge in [0.25, 0.3) is 0 Å². The summed E-state index contributed by atoms with van der Waals surface area (Å²) in [6.45, 7) is 4.55. The lowest BCUT2D eigenvalue weighted by Gasteiger charge is -2.37. The van der Waals surface area contributed by atoms with Crippen LogP contribution in [0.1, 0.15) is 26.2 Å². The summed E-state index contributed by atoms with van der Waals surface area (Å²) >= 11 is 0. The van der Waals surface area contributed by atoms with E-state index in [1.807, 2.05) is 0 Å².